The molecule has 0 saturated carbocycles. The van der Waals surface area contributed by atoms with Crippen LogP contribution in [0.25, 0.3) is 33.5 Å². The Bertz CT molecular complexity index is 887. The van der Waals surface area contributed by atoms with E-state index in [0.717, 1.165) is 33.5 Å². The molecule has 0 unspecified atom stereocenters. The zero-order valence-electron chi connectivity index (χ0n) is 10.3. The van der Waals surface area contributed by atoms with Crippen molar-refractivity contribution in [3.8, 4) is 11.4 Å². The third-order valence-electron chi connectivity index (χ3n) is 3.25. The summed E-state index contributed by atoms with van der Waals surface area (Å²) in [6.07, 6.45) is 0. The van der Waals surface area contributed by atoms with E-state index in [-0.39, 0.29) is 0 Å². The predicted molar refractivity (Wildman–Crippen MR) is 73.7 cm³/mol. The van der Waals surface area contributed by atoms with Crippen molar-refractivity contribution < 1.29 is 0 Å². The third-order valence-corrected chi connectivity index (χ3v) is 3.25. The first-order valence-corrected chi connectivity index (χ1v) is 6.08. The molecule has 0 bridgehead atoms. The van der Waals surface area contributed by atoms with Crippen molar-refractivity contribution in [2.45, 2.75) is 6.92 Å². The Hall–Kier alpha value is -2.69. The first-order valence-electron chi connectivity index (χ1n) is 6.08. The number of nitrogens with one attached hydrogen (secondary N) is 2. The Labute approximate surface area is 108 Å². The molecule has 5 heteroatoms. The molecule has 2 aromatic heterocycles. The van der Waals surface area contributed by atoms with Crippen molar-refractivity contribution in [1.82, 2.24) is 25.4 Å². The second-order valence-electron chi connectivity index (χ2n) is 4.62. The van der Waals surface area contributed by atoms with Gasteiger partial charge in [-0.2, -0.15) is 0 Å². The van der Waals surface area contributed by atoms with E-state index in [9.17, 15) is 0 Å². The van der Waals surface area contributed by atoms with Gasteiger partial charge in [-0.15, -0.1) is 5.10 Å². The summed E-state index contributed by atoms with van der Waals surface area (Å²) in [6, 6.07) is 12.1. The van der Waals surface area contributed by atoms with Crippen LogP contribution in [0, 0.1) is 6.92 Å². The molecule has 92 valence electrons. The highest BCUT2D eigenvalue weighted by Crippen LogP contribution is 2.26. The summed E-state index contributed by atoms with van der Waals surface area (Å²) in [5.74, 6) is 0.820. The van der Waals surface area contributed by atoms with Gasteiger partial charge in [0.1, 0.15) is 11.3 Å². The smallest absolute Gasteiger partial charge is 0.140 e. The maximum absolute atomic E-state index is 4.64. The minimum Gasteiger partial charge on any atom is -0.338 e. The van der Waals surface area contributed by atoms with Crippen molar-refractivity contribution in [1.29, 1.82) is 0 Å². The fraction of sp³-hybridized carbons (Fsp3) is 0.0714. The number of nitrogens with zero attached hydrogens (tertiary/aromatic N) is 3. The van der Waals surface area contributed by atoms with E-state index in [2.05, 4.69) is 44.4 Å². The number of H-pyrrole nitrogens is 2. The van der Waals surface area contributed by atoms with Crippen LogP contribution in [0.1, 0.15) is 5.56 Å². The summed E-state index contributed by atoms with van der Waals surface area (Å²) in [5, 5.41) is 10.8. The summed E-state index contributed by atoms with van der Waals surface area (Å²) in [4.78, 5) is 7.96. The molecular weight excluding hydrogens is 238 g/mol. The van der Waals surface area contributed by atoms with Gasteiger partial charge in [0.25, 0.3) is 0 Å². The topological polar surface area (TPSA) is 70.2 Å². The molecule has 0 amide bonds. The van der Waals surface area contributed by atoms with Crippen molar-refractivity contribution in [3.05, 3.63) is 42.0 Å². The van der Waals surface area contributed by atoms with Gasteiger partial charge < -0.3 is 4.98 Å². The molecule has 2 N–H and O–H groups in total. The Morgan fingerprint density at radius 2 is 2.00 bits per heavy atom. The number of aromatic amines is 2. The lowest BCUT2D eigenvalue weighted by Gasteiger charge is -1.96. The summed E-state index contributed by atoms with van der Waals surface area (Å²) >= 11 is 0. The SMILES string of the molecule is Cc1ccc2[nH]c(-c3cccc4[nH]nnc34)nc2c1. The zero-order valence-corrected chi connectivity index (χ0v) is 10.3. The minimum absolute atomic E-state index is 0.820. The van der Waals surface area contributed by atoms with Crippen molar-refractivity contribution >= 4 is 22.1 Å². The van der Waals surface area contributed by atoms with Crippen LogP contribution in [0.3, 0.4) is 0 Å². The van der Waals surface area contributed by atoms with Gasteiger partial charge in [-0.05, 0) is 36.8 Å². The average Bonchev–Trinajstić information content (AvgIpc) is 3.03. The van der Waals surface area contributed by atoms with Crippen LogP contribution in [-0.4, -0.2) is 25.4 Å². The third kappa shape index (κ3) is 1.52. The van der Waals surface area contributed by atoms with Gasteiger partial charge in [0, 0.05) is 5.56 Å². The molecule has 0 atom stereocenters. The molecule has 2 heterocycles. The van der Waals surface area contributed by atoms with E-state index in [1.54, 1.807) is 0 Å². The monoisotopic (exact) mass is 249 g/mol. The fourth-order valence-electron chi connectivity index (χ4n) is 2.30. The van der Waals surface area contributed by atoms with Gasteiger partial charge in [0.2, 0.25) is 0 Å². The molecule has 0 aliphatic carbocycles. The van der Waals surface area contributed by atoms with Gasteiger partial charge in [0.05, 0.1) is 16.6 Å². The first kappa shape index (κ1) is 10.3. The molecule has 0 aliphatic heterocycles. The van der Waals surface area contributed by atoms with Crippen molar-refractivity contribution in [3.63, 3.8) is 0 Å². The zero-order chi connectivity index (χ0) is 12.8. The highest BCUT2D eigenvalue weighted by atomic mass is 15.3. The molecule has 0 radical (unpaired) electrons. The molecule has 4 aromatic rings. The van der Waals surface area contributed by atoms with E-state index >= 15 is 0 Å². The van der Waals surface area contributed by atoms with Gasteiger partial charge in [-0.1, -0.05) is 17.3 Å². The van der Waals surface area contributed by atoms with Crippen LogP contribution in [0.4, 0.5) is 0 Å². The summed E-state index contributed by atoms with van der Waals surface area (Å²) in [5.41, 5.74) is 5.90. The molecule has 19 heavy (non-hydrogen) atoms. The van der Waals surface area contributed by atoms with Crippen LogP contribution >= 0.6 is 0 Å². The molecule has 0 aliphatic rings. The fourth-order valence-corrected chi connectivity index (χ4v) is 2.30. The van der Waals surface area contributed by atoms with Crippen LogP contribution in [0.15, 0.2) is 36.4 Å². The molecule has 0 spiro atoms. The van der Waals surface area contributed by atoms with Gasteiger partial charge in [-0.25, -0.2) is 4.98 Å². The summed E-state index contributed by atoms with van der Waals surface area (Å²) < 4.78 is 0. The standard InChI is InChI=1S/C14H11N5/c1-8-5-6-10-12(7-8)16-14(15-10)9-3-2-4-11-13(9)18-19-17-11/h2-7H,1H3,(H,15,16)(H,17,18,19). The molecular formula is C14H11N5. The van der Waals surface area contributed by atoms with Crippen molar-refractivity contribution in [2.24, 2.45) is 0 Å². The van der Waals surface area contributed by atoms with E-state index in [0.29, 0.717) is 0 Å². The maximum atomic E-state index is 4.64. The van der Waals surface area contributed by atoms with E-state index in [1.165, 1.54) is 5.56 Å². The Kier molecular flexibility index (Phi) is 1.97. The number of imidazole rings is 1. The lowest BCUT2D eigenvalue weighted by atomic mass is 10.2. The number of hydrogen-bond donors (Lipinski definition) is 2. The number of rotatable bonds is 1. The van der Waals surface area contributed by atoms with E-state index in [1.807, 2.05) is 24.3 Å². The van der Waals surface area contributed by atoms with Crippen LogP contribution in [0.2, 0.25) is 0 Å². The Morgan fingerprint density at radius 1 is 1.05 bits per heavy atom. The molecule has 4 rings (SSSR count). The Balaban J connectivity index is 2.01. The largest absolute Gasteiger partial charge is 0.338 e. The molecule has 2 aromatic carbocycles. The number of fused-ring (bicyclic) bond motifs is 2. The highest BCUT2D eigenvalue weighted by Gasteiger charge is 2.10. The highest BCUT2D eigenvalue weighted by molar-refractivity contribution is 5.91. The molecule has 0 saturated heterocycles. The van der Waals surface area contributed by atoms with Crippen LogP contribution in [0.5, 0.6) is 0 Å². The first-order chi connectivity index (χ1) is 9.31. The second kappa shape index (κ2) is 3.65. The minimum atomic E-state index is 0.820. The normalized spacial score (nSPS) is 11.4. The van der Waals surface area contributed by atoms with Gasteiger partial charge in [-0.3, -0.25) is 5.10 Å². The second-order valence-corrected chi connectivity index (χ2v) is 4.62. The quantitative estimate of drug-likeness (QED) is 0.545. The number of hydrogen-bond acceptors (Lipinski definition) is 3. The maximum Gasteiger partial charge on any atom is 0.140 e. The number of aromatic nitrogens is 5. The predicted octanol–water partition coefficient (Wildman–Crippen LogP) is 2.81. The summed E-state index contributed by atoms with van der Waals surface area (Å²) in [7, 11) is 0. The van der Waals surface area contributed by atoms with E-state index < -0.39 is 0 Å². The van der Waals surface area contributed by atoms with E-state index in [4.69, 9.17) is 0 Å². The molecule has 0 fully saturated rings. The van der Waals surface area contributed by atoms with Gasteiger partial charge >= 0.3 is 0 Å². The lowest BCUT2D eigenvalue weighted by molar-refractivity contribution is 0.959. The van der Waals surface area contributed by atoms with Gasteiger partial charge in [0.15, 0.2) is 0 Å². The Morgan fingerprint density at radius 3 is 2.95 bits per heavy atom. The summed E-state index contributed by atoms with van der Waals surface area (Å²) in [6.45, 7) is 2.06. The molecule has 5 nitrogen and oxygen atoms in total. The average molecular weight is 249 g/mol. The number of benzene rings is 2. The number of aryl methyl sites for hydroxylation is 1. The van der Waals surface area contributed by atoms with Crippen LogP contribution in [-0.2, 0) is 0 Å². The lowest BCUT2D eigenvalue weighted by Crippen LogP contribution is -1.82. The van der Waals surface area contributed by atoms with Crippen LogP contribution < -0.4 is 0 Å². The van der Waals surface area contributed by atoms with Crippen molar-refractivity contribution in [2.75, 3.05) is 0 Å².